The first-order valence-electron chi connectivity index (χ1n) is 27.4. The number of hydrogen-bond donors (Lipinski definition) is 4. The topological polar surface area (TPSA) is 177 Å². The number of nitrogens with zero attached hydrogens (tertiary/aromatic N) is 5. The number of allylic oxidation sites excluding steroid dienone is 6. The van der Waals surface area contributed by atoms with Gasteiger partial charge < -0.3 is 31.3 Å². The minimum Gasteiger partial charge on any atom is -0.497 e. The fourth-order valence-corrected chi connectivity index (χ4v) is 10.7. The van der Waals surface area contributed by atoms with E-state index in [0.717, 1.165) is 43.4 Å². The number of aromatic nitrogens is 3. The van der Waals surface area contributed by atoms with Gasteiger partial charge in [-0.15, -0.1) is 16.9 Å². The summed E-state index contributed by atoms with van der Waals surface area (Å²) in [4.78, 5) is 54.0. The van der Waals surface area contributed by atoms with Crippen molar-refractivity contribution < 1.29 is 28.5 Å². The van der Waals surface area contributed by atoms with Crippen molar-refractivity contribution in [2.24, 2.45) is 11.7 Å². The van der Waals surface area contributed by atoms with Crippen LogP contribution < -0.4 is 31.3 Å². The number of unbranched alkanes of at least 4 members (excludes halogenated alkanes) is 2. The Kier molecular flexibility index (Phi) is 22.2. The van der Waals surface area contributed by atoms with Crippen molar-refractivity contribution in [1.82, 2.24) is 30.9 Å². The van der Waals surface area contributed by atoms with Gasteiger partial charge in [0.2, 0.25) is 29.3 Å². The van der Waals surface area contributed by atoms with Crippen LogP contribution in [0.15, 0.2) is 157 Å². The summed E-state index contributed by atoms with van der Waals surface area (Å²) in [6.07, 6.45) is 21.1. The van der Waals surface area contributed by atoms with Crippen molar-refractivity contribution >= 4 is 52.5 Å². The Morgan fingerprint density at radius 3 is 2.06 bits per heavy atom. The first-order valence-corrected chi connectivity index (χ1v) is 28.7. The molecule has 0 spiro atoms. The summed E-state index contributed by atoms with van der Waals surface area (Å²) in [6.45, 7) is 16.0. The highest BCUT2D eigenvalue weighted by molar-refractivity contribution is 8.01. The number of thioether (sulfide) groups is 1. The molecule has 2 aliphatic rings. The molecule has 4 aromatic carbocycles. The lowest BCUT2D eigenvalue weighted by Crippen LogP contribution is -2.56. The zero-order chi connectivity index (χ0) is 57.1. The number of para-hydroxylation sites is 2. The second-order valence-corrected chi connectivity index (χ2v) is 22.5. The van der Waals surface area contributed by atoms with E-state index < -0.39 is 23.9 Å². The number of ether oxygens (including phenoxy) is 1. The van der Waals surface area contributed by atoms with Gasteiger partial charge in [0, 0.05) is 72.6 Å². The highest BCUT2D eigenvalue weighted by atomic mass is 32.2. The van der Waals surface area contributed by atoms with E-state index in [9.17, 15) is 19.2 Å². The molecule has 0 radical (unpaired) electrons. The van der Waals surface area contributed by atoms with E-state index in [4.69, 9.17) is 10.5 Å². The van der Waals surface area contributed by atoms with Gasteiger partial charge in [-0.25, -0.2) is 4.68 Å². The van der Waals surface area contributed by atoms with Crippen molar-refractivity contribution in [3.05, 3.63) is 185 Å². The number of anilines is 1. The molecule has 0 aliphatic carbocycles. The van der Waals surface area contributed by atoms with Crippen molar-refractivity contribution in [3.8, 4) is 5.75 Å². The number of primary amides is 1. The first-order chi connectivity index (χ1) is 37.8. The summed E-state index contributed by atoms with van der Waals surface area (Å²) >= 11 is 1.56. The number of carbonyl (C=O) groups excluding carboxylic acids is 4. The van der Waals surface area contributed by atoms with Gasteiger partial charge in [-0.1, -0.05) is 142 Å². The second kappa shape index (κ2) is 28.9. The summed E-state index contributed by atoms with van der Waals surface area (Å²) in [5, 5.41) is 18.7. The normalized spacial score (nSPS) is 15.9. The minimum absolute atomic E-state index is 0.0193. The number of carbonyl (C=O) groups is 4. The molecule has 0 bridgehead atoms. The predicted octanol–water partition coefficient (Wildman–Crippen LogP) is 9.99. The monoisotopic (exact) mass is 1090 g/mol. The van der Waals surface area contributed by atoms with E-state index in [2.05, 4.69) is 163 Å². The zero-order valence-electron chi connectivity index (χ0n) is 47.9. The number of amides is 4. The van der Waals surface area contributed by atoms with Crippen LogP contribution >= 0.6 is 11.8 Å². The van der Waals surface area contributed by atoms with Crippen LogP contribution in [0.1, 0.15) is 102 Å². The van der Waals surface area contributed by atoms with E-state index in [1.54, 1.807) is 44.1 Å². The Labute approximate surface area is 472 Å². The first kappa shape index (κ1) is 60.7. The van der Waals surface area contributed by atoms with Crippen LogP contribution in [0.5, 0.6) is 5.75 Å². The SMILES string of the molecule is COc1ccc(CC(NC(=O)Cn2cc(C)nn2)C(=O)N[C@@H](Cc2ccccc2)C(=O)NC(/C=C/SC)CC(C)C)cc1.C[N+]1=C(/C=C/C=C/C=C2/N(CCCCCC(N)=O)c3ccccc3C2(C)C)C(C)(C)c2ccccc21. The molecule has 3 heterocycles. The molecule has 2 aliphatic heterocycles. The third kappa shape index (κ3) is 17.0. The molecule has 15 heteroatoms. The van der Waals surface area contributed by atoms with Gasteiger partial charge in [0.25, 0.3) is 0 Å². The number of hydrogen-bond acceptors (Lipinski definition) is 9. The molecule has 5 N–H and O–H groups in total. The molecule has 5 aromatic rings. The van der Waals surface area contributed by atoms with E-state index in [1.165, 1.54) is 38.6 Å². The van der Waals surface area contributed by atoms with Gasteiger partial charge in [0.1, 0.15) is 31.4 Å². The van der Waals surface area contributed by atoms with E-state index in [1.807, 2.05) is 60.2 Å². The number of fused-ring (bicyclic) bond motifs is 2. The molecule has 79 heavy (non-hydrogen) atoms. The average molecular weight is 1090 g/mol. The Morgan fingerprint density at radius 2 is 1.42 bits per heavy atom. The number of nitrogens with one attached hydrogen (secondary N) is 3. The second-order valence-electron chi connectivity index (χ2n) is 21.7. The molecular weight excluding hydrogens is 1010 g/mol. The fraction of sp³-hybridized carbons (Fsp3) is 0.391. The van der Waals surface area contributed by atoms with Crippen LogP contribution in [0.4, 0.5) is 11.4 Å². The average Bonchev–Trinajstić information content (AvgIpc) is 4.24. The Hall–Kier alpha value is -7.52. The maximum absolute atomic E-state index is 13.8. The zero-order valence-corrected chi connectivity index (χ0v) is 48.7. The Balaban J connectivity index is 0.000000259. The van der Waals surface area contributed by atoms with Gasteiger partial charge in [-0.3, -0.25) is 19.2 Å². The van der Waals surface area contributed by atoms with Gasteiger partial charge in [-0.05, 0) is 98.6 Å². The quantitative estimate of drug-likeness (QED) is 0.0252. The van der Waals surface area contributed by atoms with E-state index >= 15 is 0 Å². The highest BCUT2D eigenvalue weighted by Crippen LogP contribution is 2.47. The molecule has 418 valence electrons. The smallest absolute Gasteiger partial charge is 0.243 e. The van der Waals surface area contributed by atoms with Crippen LogP contribution in [-0.2, 0) is 49.4 Å². The summed E-state index contributed by atoms with van der Waals surface area (Å²) in [5.41, 5.74) is 15.5. The van der Waals surface area contributed by atoms with Crippen LogP contribution in [-0.4, -0.2) is 94.0 Å². The van der Waals surface area contributed by atoms with Gasteiger partial charge in [0.05, 0.1) is 18.2 Å². The molecule has 0 saturated carbocycles. The Bertz CT molecular complexity index is 3010. The summed E-state index contributed by atoms with van der Waals surface area (Å²) in [6, 6.07) is 32.2. The predicted molar refractivity (Wildman–Crippen MR) is 321 cm³/mol. The minimum atomic E-state index is -0.945. The third-order valence-corrected chi connectivity index (χ3v) is 14.8. The molecule has 14 nitrogen and oxygen atoms in total. The fourth-order valence-electron chi connectivity index (χ4n) is 10.3. The highest BCUT2D eigenvalue weighted by Gasteiger charge is 2.43. The number of nitrogens with two attached hydrogens (primary N) is 1. The van der Waals surface area contributed by atoms with Crippen LogP contribution in [0.2, 0.25) is 0 Å². The van der Waals surface area contributed by atoms with E-state index in [0.29, 0.717) is 30.2 Å². The van der Waals surface area contributed by atoms with Crippen molar-refractivity contribution in [3.63, 3.8) is 0 Å². The maximum Gasteiger partial charge on any atom is 0.243 e. The van der Waals surface area contributed by atoms with Crippen LogP contribution in [0.25, 0.3) is 0 Å². The number of rotatable bonds is 25. The van der Waals surface area contributed by atoms with Crippen molar-refractivity contribution in [2.45, 2.75) is 129 Å². The van der Waals surface area contributed by atoms with E-state index in [-0.39, 0.29) is 41.7 Å². The molecule has 1 aromatic heterocycles. The van der Waals surface area contributed by atoms with Gasteiger partial charge >= 0.3 is 0 Å². The van der Waals surface area contributed by atoms with Crippen LogP contribution in [0, 0.1) is 12.8 Å². The summed E-state index contributed by atoms with van der Waals surface area (Å²) < 4.78 is 8.97. The molecule has 7 rings (SSSR count). The van der Waals surface area contributed by atoms with Gasteiger partial charge in [0.15, 0.2) is 5.71 Å². The maximum atomic E-state index is 13.8. The number of methoxy groups -OCH3 is 1. The van der Waals surface area contributed by atoms with Crippen molar-refractivity contribution in [2.75, 3.05) is 31.9 Å². The lowest BCUT2D eigenvalue weighted by molar-refractivity contribution is -0.401. The molecule has 4 amide bonds. The Morgan fingerprint density at radius 1 is 0.772 bits per heavy atom. The number of aryl methyl sites for hydroxylation is 1. The number of benzene rings is 4. The molecule has 0 saturated heterocycles. The molecular formula is C64H82N9O5S+. The largest absolute Gasteiger partial charge is 0.497 e. The summed E-state index contributed by atoms with van der Waals surface area (Å²) in [7, 11) is 3.73. The third-order valence-electron chi connectivity index (χ3n) is 14.4. The lowest BCUT2D eigenvalue weighted by Gasteiger charge is -2.27. The molecule has 2 unspecified atom stereocenters. The molecule has 0 fully saturated rings. The van der Waals surface area contributed by atoms with Gasteiger partial charge in [-0.2, -0.15) is 4.58 Å². The van der Waals surface area contributed by atoms with Crippen molar-refractivity contribution in [1.29, 1.82) is 0 Å². The van der Waals surface area contributed by atoms with Crippen LogP contribution in [0.3, 0.4) is 0 Å². The standard InChI is InChI=1S/C32H42N6O4S.C32H39N3O/c1-22(2)17-26(15-16-43-5)33-31(40)29(18-24-9-7-6-8-10-24)35-32(41)28(19-25-11-13-27(42-4)14-12-25)34-30(39)21-38-20-23(3)36-37-38;1-31(2)24-16-11-13-18-26(24)34(5)28(31)20-8-6-9-21-29-32(3,4)25-17-12-14-19-27(25)35(29)23-15-7-10-22-30(33)36/h6-16,20,22,26,28-29H,17-19,21H2,1-5H3,(H,33,40)(H,34,39)(H,35,41);6,8-9,11-14,16-21H,7,10,15,22-23H2,1-5H3,(H-,33,36)/p+1/b16-15+;/t26?,28?,29-;/m0./s1. The summed E-state index contributed by atoms with van der Waals surface area (Å²) in [5.74, 6) is -0.327. The molecule has 3 atom stereocenters. The lowest BCUT2D eigenvalue weighted by atomic mass is 9.81.